The molecule has 0 aliphatic carbocycles. The molecule has 0 aliphatic heterocycles. The summed E-state index contributed by atoms with van der Waals surface area (Å²) in [5, 5.41) is 8.35. The maximum absolute atomic E-state index is 11.6. The fourth-order valence-electron chi connectivity index (χ4n) is 1.78. The third-order valence-electron chi connectivity index (χ3n) is 2.95. The highest BCUT2D eigenvalue weighted by Crippen LogP contribution is 2.09. The Kier molecular flexibility index (Phi) is 7.39. The van der Waals surface area contributed by atoms with Crippen LogP contribution in [0.2, 0.25) is 0 Å². The number of amides is 3. The molecule has 0 radical (unpaired) electrons. The van der Waals surface area contributed by atoms with Gasteiger partial charge in [0.15, 0.2) is 0 Å². The molecule has 0 spiro atoms. The highest BCUT2D eigenvalue weighted by Gasteiger charge is 2.05. The van der Waals surface area contributed by atoms with Crippen LogP contribution in [0.5, 0.6) is 0 Å². The minimum absolute atomic E-state index is 0.00388. The molecular weight excluding hydrogens is 280 g/mol. The number of nitrogens with one attached hydrogen (secondary N) is 3. The van der Waals surface area contributed by atoms with Crippen LogP contribution >= 0.6 is 0 Å². The molecule has 1 atom stereocenters. The summed E-state index contributed by atoms with van der Waals surface area (Å²) in [5.41, 5.74) is 7.30. The molecule has 3 amide bonds. The minimum Gasteiger partial charge on any atom is -0.352 e. The molecule has 1 aromatic rings. The van der Waals surface area contributed by atoms with Gasteiger partial charge in [-0.15, -0.1) is 0 Å². The maximum atomic E-state index is 11.6. The number of hydrogen-bond donors (Lipinski definition) is 4. The fourth-order valence-corrected chi connectivity index (χ4v) is 1.78. The predicted molar refractivity (Wildman–Crippen MR) is 88.5 cm³/mol. The normalized spacial score (nSPS) is 11.9. The maximum Gasteiger partial charge on any atom is 0.319 e. The Morgan fingerprint density at radius 2 is 1.77 bits per heavy atom. The van der Waals surface area contributed by atoms with Gasteiger partial charge in [-0.2, -0.15) is 0 Å². The van der Waals surface area contributed by atoms with Gasteiger partial charge in [0.1, 0.15) is 0 Å². The second kappa shape index (κ2) is 9.04. The number of nitrogens with two attached hydrogens (primary N) is 1. The van der Waals surface area contributed by atoms with E-state index in [4.69, 9.17) is 5.73 Å². The average Bonchev–Trinajstić information content (AvgIpc) is 2.43. The van der Waals surface area contributed by atoms with E-state index in [1.54, 1.807) is 0 Å². The Bertz CT molecular complexity index is 483. The van der Waals surface area contributed by atoms with E-state index in [2.05, 4.69) is 16.0 Å². The molecule has 6 heteroatoms. The fraction of sp³-hybridized carbons (Fsp3) is 0.500. The average molecular weight is 306 g/mol. The van der Waals surface area contributed by atoms with Crippen molar-refractivity contribution in [3.8, 4) is 0 Å². The van der Waals surface area contributed by atoms with Gasteiger partial charge in [0.25, 0.3) is 0 Å². The first-order valence-corrected chi connectivity index (χ1v) is 7.55. The SMILES string of the molecule is CC(N)CCC(=O)NCc1ccc(NC(=O)NC(C)C)cc1. The van der Waals surface area contributed by atoms with Crippen molar-refractivity contribution < 1.29 is 9.59 Å². The number of urea groups is 1. The molecular formula is C16H26N4O2. The molecule has 6 nitrogen and oxygen atoms in total. The summed E-state index contributed by atoms with van der Waals surface area (Å²) in [6.07, 6.45) is 1.12. The van der Waals surface area contributed by atoms with Gasteiger partial charge in [0, 0.05) is 30.7 Å². The molecule has 5 N–H and O–H groups in total. The number of rotatable bonds is 7. The number of carbonyl (C=O) groups excluding carboxylic acids is 2. The van der Waals surface area contributed by atoms with Crippen LogP contribution in [-0.4, -0.2) is 24.0 Å². The predicted octanol–water partition coefficient (Wildman–Crippen LogP) is 1.96. The number of hydrogen-bond acceptors (Lipinski definition) is 3. The number of anilines is 1. The Morgan fingerprint density at radius 3 is 2.32 bits per heavy atom. The van der Waals surface area contributed by atoms with Crippen LogP contribution in [0.1, 0.15) is 39.2 Å². The number of carbonyl (C=O) groups is 2. The summed E-state index contributed by atoms with van der Waals surface area (Å²) in [7, 11) is 0. The molecule has 0 saturated carbocycles. The van der Waals surface area contributed by atoms with Gasteiger partial charge in [-0.3, -0.25) is 4.79 Å². The van der Waals surface area contributed by atoms with E-state index in [9.17, 15) is 9.59 Å². The highest BCUT2D eigenvalue weighted by atomic mass is 16.2. The molecule has 1 unspecified atom stereocenters. The smallest absolute Gasteiger partial charge is 0.319 e. The molecule has 0 heterocycles. The van der Waals surface area contributed by atoms with Crippen molar-refractivity contribution in [2.45, 2.75) is 52.2 Å². The summed E-state index contributed by atoms with van der Waals surface area (Å²) < 4.78 is 0. The second-order valence-corrected chi connectivity index (χ2v) is 5.74. The van der Waals surface area contributed by atoms with Gasteiger partial charge in [-0.05, 0) is 44.9 Å². The topological polar surface area (TPSA) is 96.2 Å². The van der Waals surface area contributed by atoms with Crippen LogP contribution < -0.4 is 21.7 Å². The van der Waals surface area contributed by atoms with Crippen LogP contribution in [0.3, 0.4) is 0 Å². The van der Waals surface area contributed by atoms with Crippen LogP contribution in [0.15, 0.2) is 24.3 Å². The van der Waals surface area contributed by atoms with E-state index >= 15 is 0 Å². The van der Waals surface area contributed by atoms with Crippen molar-refractivity contribution in [2.24, 2.45) is 5.73 Å². The lowest BCUT2D eigenvalue weighted by atomic mass is 10.1. The first kappa shape index (κ1) is 18.0. The third-order valence-corrected chi connectivity index (χ3v) is 2.95. The lowest BCUT2D eigenvalue weighted by Crippen LogP contribution is -2.34. The van der Waals surface area contributed by atoms with Crippen LogP contribution in [0, 0.1) is 0 Å². The van der Waals surface area contributed by atoms with Gasteiger partial charge in [0.05, 0.1) is 0 Å². The molecule has 0 bridgehead atoms. The first-order chi connectivity index (χ1) is 10.4. The lowest BCUT2D eigenvalue weighted by molar-refractivity contribution is -0.121. The zero-order valence-electron chi connectivity index (χ0n) is 13.5. The summed E-state index contributed by atoms with van der Waals surface area (Å²) in [5.74, 6) is -0.00388. The molecule has 22 heavy (non-hydrogen) atoms. The van der Waals surface area contributed by atoms with Crippen molar-refractivity contribution in [1.29, 1.82) is 0 Å². The lowest BCUT2D eigenvalue weighted by Gasteiger charge is -2.11. The van der Waals surface area contributed by atoms with E-state index in [0.717, 1.165) is 5.56 Å². The molecule has 0 aromatic heterocycles. The standard InChI is InChI=1S/C16H26N4O2/c1-11(2)19-16(22)20-14-7-5-13(6-8-14)10-18-15(21)9-4-12(3)17/h5-8,11-12H,4,9-10,17H2,1-3H3,(H,18,21)(H2,19,20,22). The van der Waals surface area contributed by atoms with Crippen LogP contribution in [0.25, 0.3) is 0 Å². The van der Waals surface area contributed by atoms with Gasteiger partial charge in [0.2, 0.25) is 5.91 Å². The first-order valence-electron chi connectivity index (χ1n) is 7.55. The second-order valence-electron chi connectivity index (χ2n) is 5.74. The van der Waals surface area contributed by atoms with Gasteiger partial charge in [-0.1, -0.05) is 12.1 Å². The monoisotopic (exact) mass is 306 g/mol. The molecule has 0 saturated heterocycles. The summed E-state index contributed by atoms with van der Waals surface area (Å²) in [4.78, 5) is 23.2. The zero-order valence-corrected chi connectivity index (χ0v) is 13.5. The Morgan fingerprint density at radius 1 is 1.14 bits per heavy atom. The van der Waals surface area contributed by atoms with Crippen molar-refractivity contribution in [1.82, 2.24) is 10.6 Å². The summed E-state index contributed by atoms with van der Waals surface area (Å²) in [6.45, 7) is 6.15. The Labute approximate surface area is 131 Å². The molecule has 0 aliphatic rings. The van der Waals surface area contributed by atoms with E-state index in [0.29, 0.717) is 25.1 Å². The minimum atomic E-state index is -0.230. The van der Waals surface area contributed by atoms with Crippen LogP contribution in [-0.2, 0) is 11.3 Å². The molecule has 1 rings (SSSR count). The van der Waals surface area contributed by atoms with Gasteiger partial charge >= 0.3 is 6.03 Å². The molecule has 122 valence electrons. The quantitative estimate of drug-likeness (QED) is 0.620. The van der Waals surface area contributed by atoms with Crippen LogP contribution in [0.4, 0.5) is 10.5 Å². The molecule has 1 aromatic carbocycles. The largest absolute Gasteiger partial charge is 0.352 e. The molecule has 0 fully saturated rings. The van der Waals surface area contributed by atoms with E-state index < -0.39 is 0 Å². The zero-order chi connectivity index (χ0) is 16.5. The number of benzene rings is 1. The van der Waals surface area contributed by atoms with Crippen molar-refractivity contribution in [3.05, 3.63) is 29.8 Å². The van der Waals surface area contributed by atoms with Crippen molar-refractivity contribution in [2.75, 3.05) is 5.32 Å². The summed E-state index contributed by atoms with van der Waals surface area (Å²) in [6, 6.07) is 7.26. The van der Waals surface area contributed by atoms with Gasteiger partial charge < -0.3 is 21.7 Å². The van der Waals surface area contributed by atoms with E-state index in [1.165, 1.54) is 0 Å². The van der Waals surface area contributed by atoms with Crippen molar-refractivity contribution >= 4 is 17.6 Å². The van der Waals surface area contributed by atoms with E-state index in [-0.39, 0.29) is 24.0 Å². The van der Waals surface area contributed by atoms with Crippen molar-refractivity contribution in [3.63, 3.8) is 0 Å². The third kappa shape index (κ3) is 7.64. The summed E-state index contributed by atoms with van der Waals surface area (Å²) >= 11 is 0. The van der Waals surface area contributed by atoms with Gasteiger partial charge in [-0.25, -0.2) is 4.79 Å². The Hall–Kier alpha value is -2.08. The van der Waals surface area contributed by atoms with E-state index in [1.807, 2.05) is 45.0 Å². The Balaban J connectivity index is 2.38. The highest BCUT2D eigenvalue weighted by molar-refractivity contribution is 5.89.